The summed E-state index contributed by atoms with van der Waals surface area (Å²) in [5, 5.41) is 3.12. The van der Waals surface area contributed by atoms with Crippen molar-refractivity contribution >= 4 is 11.8 Å². The van der Waals surface area contributed by atoms with Crippen LogP contribution in [0.25, 0.3) is 0 Å². The van der Waals surface area contributed by atoms with E-state index in [9.17, 15) is 0 Å². The van der Waals surface area contributed by atoms with Gasteiger partial charge >= 0.3 is 0 Å². The highest BCUT2D eigenvalue weighted by Gasteiger charge is 2.00. The molecular formula is C7H14N4. The van der Waals surface area contributed by atoms with Gasteiger partial charge in [0.1, 0.15) is 5.82 Å². The van der Waals surface area contributed by atoms with Crippen molar-refractivity contribution in [3.63, 3.8) is 0 Å². The number of anilines is 2. The Labute approximate surface area is 66.4 Å². The van der Waals surface area contributed by atoms with E-state index in [0.717, 1.165) is 19.0 Å². The summed E-state index contributed by atoms with van der Waals surface area (Å²) in [4.78, 5) is 4.10. The van der Waals surface area contributed by atoms with E-state index in [1.807, 2.05) is 17.7 Å². The lowest BCUT2D eigenvalue weighted by Gasteiger charge is -2.03. The van der Waals surface area contributed by atoms with Crippen molar-refractivity contribution in [2.45, 2.75) is 20.4 Å². The normalized spacial score (nSPS) is 10.0. The van der Waals surface area contributed by atoms with Crippen molar-refractivity contribution in [1.82, 2.24) is 9.55 Å². The summed E-state index contributed by atoms with van der Waals surface area (Å²) in [6.07, 6.45) is 1.83. The Morgan fingerprint density at radius 1 is 1.64 bits per heavy atom. The highest BCUT2D eigenvalue weighted by Crippen LogP contribution is 2.08. The molecule has 11 heavy (non-hydrogen) atoms. The Kier molecular flexibility index (Phi) is 2.36. The first-order chi connectivity index (χ1) is 5.27. The fourth-order valence-corrected chi connectivity index (χ4v) is 0.976. The van der Waals surface area contributed by atoms with Gasteiger partial charge in [0.15, 0.2) is 0 Å². The van der Waals surface area contributed by atoms with E-state index < -0.39 is 0 Å². The SMILES string of the molecule is CCNc1nc(N)cn1CC. The number of nitrogens with one attached hydrogen (secondary N) is 1. The number of nitrogens with zero attached hydrogens (tertiary/aromatic N) is 2. The lowest BCUT2D eigenvalue weighted by molar-refractivity contribution is 0.765. The molecule has 0 amide bonds. The van der Waals surface area contributed by atoms with Crippen molar-refractivity contribution in [3.05, 3.63) is 6.20 Å². The molecule has 0 unspecified atom stereocenters. The lowest BCUT2D eigenvalue weighted by atomic mass is 10.7. The van der Waals surface area contributed by atoms with Gasteiger partial charge in [0.2, 0.25) is 5.95 Å². The van der Waals surface area contributed by atoms with Crippen LogP contribution < -0.4 is 11.1 Å². The third-order valence-corrected chi connectivity index (χ3v) is 1.47. The van der Waals surface area contributed by atoms with Crippen LogP contribution in [0, 0.1) is 0 Å². The maximum atomic E-state index is 5.51. The van der Waals surface area contributed by atoms with Crippen molar-refractivity contribution in [2.75, 3.05) is 17.6 Å². The second-order valence-electron chi connectivity index (χ2n) is 2.31. The third kappa shape index (κ3) is 1.63. The van der Waals surface area contributed by atoms with Crippen molar-refractivity contribution in [3.8, 4) is 0 Å². The number of imidazole rings is 1. The van der Waals surface area contributed by atoms with E-state index in [1.165, 1.54) is 0 Å². The van der Waals surface area contributed by atoms with E-state index in [1.54, 1.807) is 0 Å². The average molecular weight is 154 g/mol. The molecule has 1 aromatic heterocycles. The second-order valence-corrected chi connectivity index (χ2v) is 2.31. The maximum absolute atomic E-state index is 5.51. The largest absolute Gasteiger partial charge is 0.382 e. The van der Waals surface area contributed by atoms with Gasteiger partial charge in [0.05, 0.1) is 0 Å². The first-order valence-electron chi connectivity index (χ1n) is 3.84. The van der Waals surface area contributed by atoms with Crippen LogP contribution in [0.5, 0.6) is 0 Å². The van der Waals surface area contributed by atoms with Crippen LogP contribution >= 0.6 is 0 Å². The zero-order valence-corrected chi connectivity index (χ0v) is 6.96. The number of hydrogen-bond acceptors (Lipinski definition) is 3. The summed E-state index contributed by atoms with van der Waals surface area (Å²) in [5.41, 5.74) is 5.51. The van der Waals surface area contributed by atoms with Crippen LogP contribution in [0.2, 0.25) is 0 Å². The van der Waals surface area contributed by atoms with E-state index in [2.05, 4.69) is 17.2 Å². The van der Waals surface area contributed by atoms with Gasteiger partial charge < -0.3 is 15.6 Å². The van der Waals surface area contributed by atoms with Gasteiger partial charge in [-0.3, -0.25) is 0 Å². The summed E-state index contributed by atoms with van der Waals surface area (Å²) in [6, 6.07) is 0. The molecule has 1 heterocycles. The maximum Gasteiger partial charge on any atom is 0.204 e. The monoisotopic (exact) mass is 154 g/mol. The first kappa shape index (κ1) is 7.91. The van der Waals surface area contributed by atoms with Crippen molar-refractivity contribution in [2.24, 2.45) is 0 Å². The van der Waals surface area contributed by atoms with Crippen molar-refractivity contribution in [1.29, 1.82) is 0 Å². The Bertz CT molecular complexity index is 228. The molecule has 0 bridgehead atoms. The predicted molar refractivity (Wildman–Crippen MR) is 46.5 cm³/mol. The summed E-state index contributed by atoms with van der Waals surface area (Å²) in [7, 11) is 0. The molecule has 0 saturated carbocycles. The minimum absolute atomic E-state index is 0.572. The number of rotatable bonds is 3. The van der Waals surface area contributed by atoms with E-state index in [0.29, 0.717) is 5.82 Å². The molecule has 4 nitrogen and oxygen atoms in total. The zero-order chi connectivity index (χ0) is 8.27. The molecule has 3 N–H and O–H groups in total. The molecule has 0 fully saturated rings. The number of aryl methyl sites for hydroxylation is 1. The Hall–Kier alpha value is -1.19. The second kappa shape index (κ2) is 3.27. The van der Waals surface area contributed by atoms with Gasteiger partial charge in [-0.05, 0) is 13.8 Å². The van der Waals surface area contributed by atoms with Crippen LogP contribution in [0.1, 0.15) is 13.8 Å². The van der Waals surface area contributed by atoms with Crippen LogP contribution in [0.15, 0.2) is 6.20 Å². The molecule has 1 rings (SSSR count). The number of aromatic nitrogens is 2. The summed E-state index contributed by atoms with van der Waals surface area (Å²) in [6.45, 7) is 5.86. The molecule has 0 radical (unpaired) electrons. The zero-order valence-electron chi connectivity index (χ0n) is 6.96. The first-order valence-corrected chi connectivity index (χ1v) is 3.84. The molecule has 4 heteroatoms. The van der Waals surface area contributed by atoms with Gasteiger partial charge in [-0.25, -0.2) is 0 Å². The highest BCUT2D eigenvalue weighted by molar-refractivity contribution is 5.38. The molecule has 1 aromatic rings. The molecule has 0 saturated heterocycles. The van der Waals surface area contributed by atoms with Gasteiger partial charge in [-0.2, -0.15) is 4.98 Å². The predicted octanol–water partition coefficient (Wildman–Crippen LogP) is 0.917. The summed E-state index contributed by atoms with van der Waals surface area (Å²) < 4.78 is 1.98. The number of nitrogen functional groups attached to an aromatic ring is 1. The van der Waals surface area contributed by atoms with Crippen LogP contribution in [0.3, 0.4) is 0 Å². The smallest absolute Gasteiger partial charge is 0.204 e. The quantitative estimate of drug-likeness (QED) is 0.680. The summed E-state index contributed by atoms with van der Waals surface area (Å²) >= 11 is 0. The molecule has 62 valence electrons. The van der Waals surface area contributed by atoms with Crippen LogP contribution in [-0.2, 0) is 6.54 Å². The van der Waals surface area contributed by atoms with Crippen LogP contribution in [0.4, 0.5) is 11.8 Å². The van der Waals surface area contributed by atoms with E-state index in [4.69, 9.17) is 5.73 Å². The van der Waals surface area contributed by atoms with Gasteiger partial charge in [0.25, 0.3) is 0 Å². The number of hydrogen-bond donors (Lipinski definition) is 2. The number of nitrogens with two attached hydrogens (primary N) is 1. The van der Waals surface area contributed by atoms with E-state index in [-0.39, 0.29) is 0 Å². The molecule has 0 spiro atoms. The molecular weight excluding hydrogens is 140 g/mol. The Balaban J connectivity index is 2.83. The standard InChI is InChI=1S/C7H14N4/c1-3-9-7-10-6(8)5-11(7)4-2/h5H,3-4,8H2,1-2H3,(H,9,10). The Morgan fingerprint density at radius 2 is 2.36 bits per heavy atom. The molecule has 0 aromatic carbocycles. The summed E-state index contributed by atoms with van der Waals surface area (Å²) in [5.74, 6) is 1.43. The minimum atomic E-state index is 0.572. The fraction of sp³-hybridized carbons (Fsp3) is 0.571. The minimum Gasteiger partial charge on any atom is -0.382 e. The van der Waals surface area contributed by atoms with E-state index >= 15 is 0 Å². The topological polar surface area (TPSA) is 55.9 Å². The average Bonchev–Trinajstić information content (AvgIpc) is 2.32. The van der Waals surface area contributed by atoms with Gasteiger partial charge in [-0.1, -0.05) is 0 Å². The molecule has 0 atom stereocenters. The molecule has 0 aliphatic carbocycles. The fourth-order valence-electron chi connectivity index (χ4n) is 0.976. The highest BCUT2D eigenvalue weighted by atomic mass is 15.2. The third-order valence-electron chi connectivity index (χ3n) is 1.47. The Morgan fingerprint density at radius 3 is 2.91 bits per heavy atom. The molecule has 0 aliphatic heterocycles. The lowest BCUT2D eigenvalue weighted by Crippen LogP contribution is -2.04. The van der Waals surface area contributed by atoms with Gasteiger partial charge in [-0.15, -0.1) is 0 Å². The van der Waals surface area contributed by atoms with Crippen molar-refractivity contribution < 1.29 is 0 Å². The van der Waals surface area contributed by atoms with Crippen LogP contribution in [-0.4, -0.2) is 16.1 Å². The van der Waals surface area contributed by atoms with Gasteiger partial charge in [0, 0.05) is 19.3 Å². The molecule has 0 aliphatic rings.